The van der Waals surface area contributed by atoms with Crippen LogP contribution in [0.3, 0.4) is 0 Å². The lowest BCUT2D eigenvalue weighted by Crippen LogP contribution is -2.00. The van der Waals surface area contributed by atoms with Crippen LogP contribution in [0.25, 0.3) is 0 Å². The molecule has 1 N–H and O–H groups in total. The van der Waals surface area contributed by atoms with Crippen LogP contribution in [0.5, 0.6) is 11.5 Å². The zero-order chi connectivity index (χ0) is 18.6. The molecule has 7 nitrogen and oxygen atoms in total. The molecule has 0 unspecified atom stereocenters. The van der Waals surface area contributed by atoms with Crippen molar-refractivity contribution < 1.29 is 28.3 Å². The number of aliphatic hydroxyl groups excluding tert-OH is 1. The highest BCUT2D eigenvalue weighted by atomic mass is 32.2. The summed E-state index contributed by atoms with van der Waals surface area (Å²) in [5.41, 5.74) is -0.637. The van der Waals surface area contributed by atoms with Crippen molar-refractivity contribution in [3.63, 3.8) is 0 Å². The summed E-state index contributed by atoms with van der Waals surface area (Å²) in [6.07, 6.45) is 0. The quantitative estimate of drug-likeness (QED) is 0.360. The molecular weight excluding hydrogens is 378 g/mol. The summed E-state index contributed by atoms with van der Waals surface area (Å²) in [7, 11) is 0. The maximum atomic E-state index is 13.7. The average Bonchev–Trinajstić information content (AvgIpc) is 2.54. The molecule has 0 spiro atoms. The molecule has 2 rings (SSSR count). The van der Waals surface area contributed by atoms with Gasteiger partial charge in [0.15, 0.2) is 11.6 Å². The summed E-state index contributed by atoms with van der Waals surface area (Å²) in [4.78, 5) is 22.1. The number of rotatable bonds is 4. The normalized spacial score (nSPS) is 11.0. The molecule has 0 radical (unpaired) electrons. The van der Waals surface area contributed by atoms with Gasteiger partial charge in [-0.15, -0.1) is 0 Å². The van der Waals surface area contributed by atoms with Crippen LogP contribution < -0.4 is 4.74 Å². The molecule has 0 saturated heterocycles. The van der Waals surface area contributed by atoms with Gasteiger partial charge in [-0.2, -0.15) is 4.36 Å². The van der Waals surface area contributed by atoms with E-state index in [-0.39, 0.29) is 17.1 Å². The van der Waals surface area contributed by atoms with Crippen LogP contribution in [0, 0.1) is 21.7 Å². The molecule has 2 aromatic carbocycles. The van der Waals surface area contributed by atoms with E-state index in [9.17, 15) is 23.7 Å². The first-order chi connectivity index (χ1) is 11.8. The molecule has 130 valence electrons. The highest BCUT2D eigenvalue weighted by Crippen LogP contribution is 2.33. The summed E-state index contributed by atoms with van der Waals surface area (Å²) in [5.74, 6) is -3.63. The zero-order valence-corrected chi connectivity index (χ0v) is 13.8. The maximum absolute atomic E-state index is 13.7. The van der Waals surface area contributed by atoms with Crippen LogP contribution in [0.1, 0.15) is 10.4 Å². The summed E-state index contributed by atoms with van der Waals surface area (Å²) in [6, 6.07) is 5.50. The van der Waals surface area contributed by atoms with Crippen molar-refractivity contribution in [1.82, 2.24) is 0 Å². The van der Waals surface area contributed by atoms with Gasteiger partial charge in [-0.1, -0.05) is 0 Å². The second-order valence-corrected chi connectivity index (χ2v) is 5.92. The Kier molecular flexibility index (Phi) is 5.83. The van der Waals surface area contributed by atoms with Crippen LogP contribution in [0.2, 0.25) is 0 Å². The van der Waals surface area contributed by atoms with Crippen LogP contribution in [-0.2, 0) is 11.6 Å². The van der Waals surface area contributed by atoms with Crippen molar-refractivity contribution in [2.75, 3.05) is 0 Å². The zero-order valence-electron chi connectivity index (χ0n) is 12.1. The smallest absolute Gasteiger partial charge is 0.311 e. The number of thiocarbonyl (C=S) groups is 1. The number of thiol groups is 1. The third kappa shape index (κ3) is 4.84. The molecule has 0 heterocycles. The van der Waals surface area contributed by atoms with Crippen molar-refractivity contribution >= 4 is 39.8 Å². The summed E-state index contributed by atoms with van der Waals surface area (Å²) >= 11 is 4.21. The molecular formula is C14H8F2N2O5S2. The molecule has 0 aromatic heterocycles. The fourth-order valence-corrected chi connectivity index (χ4v) is 2.12. The fraction of sp³-hybridized carbons (Fsp3) is 0. The number of benzene rings is 2. The summed E-state index contributed by atoms with van der Waals surface area (Å²) in [5, 5.41) is 19.9. The maximum Gasteiger partial charge on any atom is 0.311 e. The van der Waals surface area contributed by atoms with E-state index in [0.29, 0.717) is 6.07 Å². The predicted octanol–water partition coefficient (Wildman–Crippen LogP) is 3.65. The van der Waals surface area contributed by atoms with E-state index in [1.165, 1.54) is 0 Å². The van der Waals surface area contributed by atoms with Crippen molar-refractivity contribution in [2.24, 2.45) is 4.36 Å². The molecule has 1 amide bonds. The predicted molar refractivity (Wildman–Crippen MR) is 90.3 cm³/mol. The van der Waals surface area contributed by atoms with Crippen LogP contribution in [0.15, 0.2) is 40.8 Å². The number of hydrogen-bond acceptors (Lipinski definition) is 5. The van der Waals surface area contributed by atoms with Gasteiger partial charge >= 0.3 is 5.69 Å². The van der Waals surface area contributed by atoms with Gasteiger partial charge in [0.2, 0.25) is 10.1 Å². The highest BCUT2D eigenvalue weighted by Gasteiger charge is 2.20. The van der Waals surface area contributed by atoms with Gasteiger partial charge in [0.05, 0.1) is 4.92 Å². The Balaban J connectivity index is 2.43. The number of carbonyl (C=O) groups excluding carboxylic acids is 1. The lowest BCUT2D eigenvalue weighted by molar-refractivity contribution is -0.385. The molecule has 25 heavy (non-hydrogen) atoms. The van der Waals surface area contributed by atoms with Gasteiger partial charge in [0, 0.05) is 23.8 Å². The topological polar surface area (TPSA) is 102 Å². The standard InChI is InChI=1S/C14H8F2N2O5S2/c15-8-2-4-11(9(16)6-8)23-12-5-7(1-3-10(12)18(21)22)13(19)17-25-14(20)24/h1-6,25H,(H,20,24). The molecule has 0 aliphatic heterocycles. The second kappa shape index (κ2) is 7.85. The van der Waals surface area contributed by atoms with Crippen molar-refractivity contribution in [3.8, 4) is 11.5 Å². The van der Waals surface area contributed by atoms with E-state index in [4.69, 9.17) is 9.84 Å². The number of aliphatic hydroxyl groups is 1. The highest BCUT2D eigenvalue weighted by molar-refractivity contribution is 8.03. The molecule has 0 bridgehead atoms. The van der Waals surface area contributed by atoms with Crippen LogP contribution in [0.4, 0.5) is 14.5 Å². The monoisotopic (exact) mass is 386 g/mol. The number of carbonyl (C=O) groups is 1. The Morgan fingerprint density at radius 1 is 1.24 bits per heavy atom. The summed E-state index contributed by atoms with van der Waals surface area (Å²) < 4.78 is 34.6. The van der Waals surface area contributed by atoms with E-state index in [0.717, 1.165) is 30.3 Å². The molecule has 0 atom stereocenters. The third-order valence-electron chi connectivity index (χ3n) is 2.74. The van der Waals surface area contributed by atoms with Crippen molar-refractivity contribution in [3.05, 3.63) is 63.7 Å². The largest absolute Gasteiger partial charge is 0.494 e. The Bertz CT molecular complexity index is 905. The third-order valence-corrected chi connectivity index (χ3v) is 3.44. The minimum atomic E-state index is -1.07. The van der Waals surface area contributed by atoms with Crippen molar-refractivity contribution in [1.29, 1.82) is 0 Å². The molecule has 0 saturated carbocycles. The van der Waals surface area contributed by atoms with Gasteiger partial charge < -0.3 is 9.84 Å². The Morgan fingerprint density at radius 2 is 1.96 bits per heavy atom. The first kappa shape index (κ1) is 18.5. The van der Waals surface area contributed by atoms with E-state index in [1.807, 2.05) is 0 Å². The number of ether oxygens (including phenoxy) is 1. The second-order valence-electron chi connectivity index (χ2n) is 4.40. The van der Waals surface area contributed by atoms with Gasteiger partial charge in [0.1, 0.15) is 5.82 Å². The Hall–Kier alpha value is -2.79. The Labute approximate surface area is 148 Å². The lowest BCUT2D eigenvalue weighted by atomic mass is 10.2. The minimum Gasteiger partial charge on any atom is -0.494 e. The SMILES string of the molecule is O=C(N=[SH]C(O)=S)c1ccc([N+](=O)[O-])c(Oc2ccc(F)cc2F)c1. The molecule has 0 fully saturated rings. The number of nitro groups is 1. The first-order valence-corrected chi connectivity index (χ1v) is 7.64. The Morgan fingerprint density at radius 3 is 2.56 bits per heavy atom. The first-order valence-electron chi connectivity index (χ1n) is 6.38. The van der Waals surface area contributed by atoms with E-state index in [1.54, 1.807) is 0 Å². The average molecular weight is 386 g/mol. The van der Waals surface area contributed by atoms with Crippen LogP contribution in [-0.4, -0.2) is 20.3 Å². The minimum absolute atomic E-state index is 0.105. The van der Waals surface area contributed by atoms with Crippen LogP contribution >= 0.6 is 12.2 Å². The number of nitro benzene ring substituents is 1. The number of halogens is 2. The van der Waals surface area contributed by atoms with E-state index >= 15 is 0 Å². The summed E-state index contributed by atoms with van der Waals surface area (Å²) in [6.45, 7) is 0. The molecule has 2 aromatic rings. The molecule has 0 aliphatic rings. The van der Waals surface area contributed by atoms with Gasteiger partial charge in [0.25, 0.3) is 5.91 Å². The number of nitrogens with zero attached hydrogens (tertiary/aromatic N) is 2. The molecule has 11 heteroatoms. The van der Waals surface area contributed by atoms with Gasteiger partial charge in [-0.25, -0.2) is 8.78 Å². The van der Waals surface area contributed by atoms with E-state index < -0.39 is 44.0 Å². The number of hydrogen-bond donors (Lipinski definition) is 2. The van der Waals surface area contributed by atoms with E-state index in [2.05, 4.69) is 16.6 Å². The van der Waals surface area contributed by atoms with Gasteiger partial charge in [-0.3, -0.25) is 14.9 Å². The van der Waals surface area contributed by atoms with Crippen molar-refractivity contribution in [2.45, 2.75) is 0 Å². The number of amides is 1. The van der Waals surface area contributed by atoms with Gasteiger partial charge in [-0.05, 0) is 42.0 Å². The molecule has 0 aliphatic carbocycles. The fourth-order valence-electron chi connectivity index (χ4n) is 1.70. The lowest BCUT2D eigenvalue weighted by Gasteiger charge is -2.08.